The second-order valence-electron chi connectivity index (χ2n) is 3.85. The summed E-state index contributed by atoms with van der Waals surface area (Å²) in [6, 6.07) is 5.83. The van der Waals surface area contributed by atoms with E-state index >= 15 is 0 Å². The Morgan fingerprint density at radius 2 is 2.06 bits per heavy atom. The largest absolute Gasteiger partial charge is 0.380 e. The molecule has 0 bridgehead atoms. The normalized spacial score (nSPS) is 12.7. The molecule has 1 unspecified atom stereocenters. The first-order chi connectivity index (χ1) is 8.17. The first-order valence-electron chi connectivity index (χ1n) is 5.92. The van der Waals surface area contributed by atoms with Crippen molar-refractivity contribution in [1.29, 1.82) is 0 Å². The smallest absolute Gasteiger partial charge is 0.0622 e. The summed E-state index contributed by atoms with van der Waals surface area (Å²) in [6.45, 7) is 6.40. The van der Waals surface area contributed by atoms with Crippen molar-refractivity contribution in [3.63, 3.8) is 0 Å². The maximum atomic E-state index is 6.15. The highest BCUT2D eigenvalue weighted by Crippen LogP contribution is 2.21. The SMILES string of the molecule is CCNC(COCC)Cc1cc(Cl)ccc1Cl. The van der Waals surface area contributed by atoms with Gasteiger partial charge in [0.2, 0.25) is 0 Å². The average molecular weight is 276 g/mol. The van der Waals surface area contributed by atoms with Gasteiger partial charge < -0.3 is 10.1 Å². The van der Waals surface area contributed by atoms with E-state index in [0.717, 1.165) is 35.2 Å². The van der Waals surface area contributed by atoms with Crippen LogP contribution in [-0.2, 0) is 11.2 Å². The fourth-order valence-electron chi connectivity index (χ4n) is 1.70. The molecule has 0 amide bonds. The lowest BCUT2D eigenvalue weighted by Gasteiger charge is -2.18. The van der Waals surface area contributed by atoms with Gasteiger partial charge in [-0.3, -0.25) is 0 Å². The molecular formula is C13H19Cl2NO. The molecule has 1 aromatic carbocycles. The number of hydrogen-bond donors (Lipinski definition) is 1. The van der Waals surface area contributed by atoms with Crippen molar-refractivity contribution in [2.75, 3.05) is 19.8 Å². The molecule has 1 aromatic rings. The lowest BCUT2D eigenvalue weighted by molar-refractivity contribution is 0.123. The second kappa shape index (κ2) is 7.93. The summed E-state index contributed by atoms with van der Waals surface area (Å²) in [6.07, 6.45) is 0.827. The maximum absolute atomic E-state index is 6.15. The van der Waals surface area contributed by atoms with Crippen molar-refractivity contribution in [2.45, 2.75) is 26.3 Å². The van der Waals surface area contributed by atoms with Gasteiger partial charge in [-0.25, -0.2) is 0 Å². The Labute approximate surface area is 113 Å². The summed E-state index contributed by atoms with van der Waals surface area (Å²) in [5, 5.41) is 4.86. The van der Waals surface area contributed by atoms with E-state index in [2.05, 4.69) is 12.2 Å². The average Bonchev–Trinajstić information content (AvgIpc) is 2.31. The molecule has 17 heavy (non-hydrogen) atoms. The second-order valence-corrected chi connectivity index (χ2v) is 4.70. The van der Waals surface area contributed by atoms with E-state index in [1.807, 2.05) is 19.1 Å². The van der Waals surface area contributed by atoms with Gasteiger partial charge in [0, 0.05) is 22.7 Å². The van der Waals surface area contributed by atoms with Crippen LogP contribution < -0.4 is 5.32 Å². The Morgan fingerprint density at radius 1 is 1.29 bits per heavy atom. The van der Waals surface area contributed by atoms with E-state index in [1.165, 1.54) is 0 Å². The molecule has 96 valence electrons. The molecule has 0 fully saturated rings. The molecule has 0 saturated carbocycles. The standard InChI is InChI=1S/C13H19Cl2NO/c1-3-16-12(9-17-4-2)8-10-7-11(14)5-6-13(10)15/h5-7,12,16H,3-4,8-9H2,1-2H3. The third-order valence-corrected chi connectivity index (χ3v) is 3.09. The van der Waals surface area contributed by atoms with Crippen molar-refractivity contribution in [1.82, 2.24) is 5.32 Å². The zero-order valence-corrected chi connectivity index (χ0v) is 11.8. The number of rotatable bonds is 7. The van der Waals surface area contributed by atoms with Crippen LogP contribution in [-0.4, -0.2) is 25.8 Å². The Kier molecular flexibility index (Phi) is 6.90. The Morgan fingerprint density at radius 3 is 2.71 bits per heavy atom. The minimum Gasteiger partial charge on any atom is -0.380 e. The number of nitrogens with one attached hydrogen (secondary N) is 1. The van der Waals surface area contributed by atoms with Gasteiger partial charge in [-0.05, 0) is 43.7 Å². The Bertz CT molecular complexity index is 344. The lowest BCUT2D eigenvalue weighted by atomic mass is 10.1. The molecule has 2 nitrogen and oxygen atoms in total. The fraction of sp³-hybridized carbons (Fsp3) is 0.538. The Balaban J connectivity index is 2.67. The van der Waals surface area contributed by atoms with Gasteiger partial charge in [-0.1, -0.05) is 30.1 Å². The van der Waals surface area contributed by atoms with E-state index < -0.39 is 0 Å². The van der Waals surface area contributed by atoms with Crippen LogP contribution in [0.25, 0.3) is 0 Å². The summed E-state index contributed by atoms with van der Waals surface area (Å²) >= 11 is 12.1. The van der Waals surface area contributed by atoms with E-state index in [0.29, 0.717) is 6.61 Å². The topological polar surface area (TPSA) is 21.3 Å². The number of ether oxygens (including phenoxy) is 1. The minimum absolute atomic E-state index is 0.274. The van der Waals surface area contributed by atoms with Gasteiger partial charge in [-0.15, -0.1) is 0 Å². The fourth-order valence-corrected chi connectivity index (χ4v) is 2.09. The van der Waals surface area contributed by atoms with Crippen molar-refractivity contribution in [2.24, 2.45) is 0 Å². The molecule has 1 rings (SSSR count). The predicted molar refractivity (Wildman–Crippen MR) is 74.1 cm³/mol. The summed E-state index contributed by atoms with van der Waals surface area (Å²) < 4.78 is 5.45. The predicted octanol–water partition coefficient (Wildman–Crippen LogP) is 3.55. The van der Waals surface area contributed by atoms with E-state index in [-0.39, 0.29) is 6.04 Å². The first-order valence-corrected chi connectivity index (χ1v) is 6.68. The van der Waals surface area contributed by atoms with Gasteiger partial charge in [0.25, 0.3) is 0 Å². The minimum atomic E-state index is 0.274. The van der Waals surface area contributed by atoms with Crippen molar-refractivity contribution >= 4 is 23.2 Å². The van der Waals surface area contributed by atoms with E-state index in [9.17, 15) is 0 Å². The summed E-state index contributed by atoms with van der Waals surface area (Å²) in [7, 11) is 0. The van der Waals surface area contributed by atoms with Gasteiger partial charge in [0.1, 0.15) is 0 Å². The number of likely N-dealkylation sites (N-methyl/N-ethyl adjacent to an activating group) is 1. The quantitative estimate of drug-likeness (QED) is 0.822. The van der Waals surface area contributed by atoms with Crippen LogP contribution in [0.1, 0.15) is 19.4 Å². The molecule has 1 N–H and O–H groups in total. The maximum Gasteiger partial charge on any atom is 0.0622 e. The van der Waals surface area contributed by atoms with Gasteiger partial charge in [-0.2, -0.15) is 0 Å². The van der Waals surface area contributed by atoms with Crippen LogP contribution in [0, 0.1) is 0 Å². The number of benzene rings is 1. The number of halogens is 2. The number of hydrogen-bond acceptors (Lipinski definition) is 2. The highest BCUT2D eigenvalue weighted by atomic mass is 35.5. The molecule has 1 atom stereocenters. The van der Waals surface area contributed by atoms with Crippen molar-refractivity contribution < 1.29 is 4.74 Å². The van der Waals surface area contributed by atoms with Crippen LogP contribution in [0.5, 0.6) is 0 Å². The molecule has 0 saturated heterocycles. The molecule has 4 heteroatoms. The van der Waals surface area contributed by atoms with Gasteiger partial charge in [0.15, 0.2) is 0 Å². The molecule has 0 heterocycles. The van der Waals surface area contributed by atoms with Gasteiger partial charge >= 0.3 is 0 Å². The summed E-state index contributed by atoms with van der Waals surface area (Å²) in [5.74, 6) is 0. The molecule has 0 spiro atoms. The van der Waals surface area contributed by atoms with Crippen LogP contribution >= 0.6 is 23.2 Å². The Hall–Kier alpha value is -0.280. The molecule has 0 aliphatic rings. The van der Waals surface area contributed by atoms with Crippen LogP contribution in [0.15, 0.2) is 18.2 Å². The van der Waals surface area contributed by atoms with Crippen molar-refractivity contribution in [3.8, 4) is 0 Å². The van der Waals surface area contributed by atoms with E-state index in [4.69, 9.17) is 27.9 Å². The molecule has 0 radical (unpaired) electrons. The third kappa shape index (κ3) is 5.26. The summed E-state index contributed by atoms with van der Waals surface area (Å²) in [4.78, 5) is 0. The first kappa shape index (κ1) is 14.8. The van der Waals surface area contributed by atoms with Crippen molar-refractivity contribution in [3.05, 3.63) is 33.8 Å². The summed E-state index contributed by atoms with van der Waals surface area (Å²) in [5.41, 5.74) is 1.06. The monoisotopic (exact) mass is 275 g/mol. The molecular weight excluding hydrogens is 257 g/mol. The third-order valence-electron chi connectivity index (χ3n) is 2.49. The highest BCUT2D eigenvalue weighted by molar-refractivity contribution is 6.33. The molecule has 0 aromatic heterocycles. The molecule has 0 aliphatic carbocycles. The van der Waals surface area contributed by atoms with Crippen LogP contribution in [0.4, 0.5) is 0 Å². The van der Waals surface area contributed by atoms with Crippen LogP contribution in [0.3, 0.4) is 0 Å². The zero-order chi connectivity index (χ0) is 12.7. The zero-order valence-electron chi connectivity index (χ0n) is 10.3. The lowest BCUT2D eigenvalue weighted by Crippen LogP contribution is -2.35. The van der Waals surface area contributed by atoms with Gasteiger partial charge in [0.05, 0.1) is 6.61 Å². The van der Waals surface area contributed by atoms with E-state index in [1.54, 1.807) is 6.07 Å². The molecule has 0 aliphatic heterocycles. The highest BCUT2D eigenvalue weighted by Gasteiger charge is 2.11. The van der Waals surface area contributed by atoms with Crippen LogP contribution in [0.2, 0.25) is 10.0 Å².